The fourth-order valence-corrected chi connectivity index (χ4v) is 1.82. The summed E-state index contributed by atoms with van der Waals surface area (Å²) < 4.78 is 5.40. The van der Waals surface area contributed by atoms with Gasteiger partial charge in [-0.3, -0.25) is 4.79 Å². The topological polar surface area (TPSA) is 50.4 Å². The third-order valence-electron chi connectivity index (χ3n) is 3.43. The summed E-state index contributed by atoms with van der Waals surface area (Å²) in [5, 5.41) is 6.19. The molecule has 2 N–H and O–H groups in total. The first-order valence-electron chi connectivity index (χ1n) is 7.07. The molecule has 0 unspecified atom stereocenters. The standard InChI is InChI=1S/C16H26N2O2/c1-6-17-15(19)13-8-7-12(2)14(11-13)18-10-9-16(3,4)20-5/h7-8,11,18H,6,9-10H2,1-5H3,(H,17,19). The molecule has 0 fully saturated rings. The Labute approximate surface area is 121 Å². The lowest BCUT2D eigenvalue weighted by molar-refractivity contribution is 0.0185. The normalized spacial score (nSPS) is 11.2. The monoisotopic (exact) mass is 278 g/mol. The average molecular weight is 278 g/mol. The Morgan fingerprint density at radius 1 is 1.35 bits per heavy atom. The molecule has 1 rings (SSSR count). The SMILES string of the molecule is CCNC(=O)c1ccc(C)c(NCCC(C)(C)OC)c1. The van der Waals surface area contributed by atoms with Gasteiger partial charge in [0.1, 0.15) is 0 Å². The van der Waals surface area contributed by atoms with Crippen molar-refractivity contribution < 1.29 is 9.53 Å². The molecule has 0 radical (unpaired) electrons. The lowest BCUT2D eigenvalue weighted by Gasteiger charge is -2.23. The molecule has 0 aliphatic carbocycles. The molecular weight excluding hydrogens is 252 g/mol. The molecule has 0 aromatic heterocycles. The Balaban J connectivity index is 2.70. The maximum absolute atomic E-state index is 11.8. The number of amides is 1. The molecule has 0 heterocycles. The van der Waals surface area contributed by atoms with Crippen LogP contribution in [0.1, 0.15) is 43.1 Å². The van der Waals surface area contributed by atoms with E-state index >= 15 is 0 Å². The van der Waals surface area contributed by atoms with Crippen LogP contribution in [-0.2, 0) is 4.74 Å². The highest BCUT2D eigenvalue weighted by atomic mass is 16.5. The van der Waals surface area contributed by atoms with E-state index in [1.165, 1.54) is 0 Å². The van der Waals surface area contributed by atoms with Crippen molar-refractivity contribution in [1.82, 2.24) is 5.32 Å². The molecule has 4 heteroatoms. The van der Waals surface area contributed by atoms with Crippen molar-refractivity contribution in [3.63, 3.8) is 0 Å². The number of methoxy groups -OCH3 is 1. The van der Waals surface area contributed by atoms with E-state index < -0.39 is 0 Å². The van der Waals surface area contributed by atoms with Crippen LogP contribution in [-0.4, -0.2) is 31.7 Å². The van der Waals surface area contributed by atoms with Gasteiger partial charge in [-0.15, -0.1) is 0 Å². The van der Waals surface area contributed by atoms with E-state index in [4.69, 9.17) is 4.74 Å². The predicted molar refractivity (Wildman–Crippen MR) is 83.4 cm³/mol. The molecular formula is C16H26N2O2. The maximum Gasteiger partial charge on any atom is 0.251 e. The fraction of sp³-hybridized carbons (Fsp3) is 0.562. The van der Waals surface area contributed by atoms with Crippen LogP contribution in [0.4, 0.5) is 5.69 Å². The van der Waals surface area contributed by atoms with Gasteiger partial charge in [0.2, 0.25) is 0 Å². The number of hydrogen-bond acceptors (Lipinski definition) is 3. The first-order chi connectivity index (χ1) is 9.39. The van der Waals surface area contributed by atoms with Crippen LogP contribution in [0.15, 0.2) is 18.2 Å². The van der Waals surface area contributed by atoms with Crippen LogP contribution in [0.3, 0.4) is 0 Å². The number of rotatable bonds is 7. The van der Waals surface area contributed by atoms with Gasteiger partial charge in [-0.1, -0.05) is 6.07 Å². The Morgan fingerprint density at radius 3 is 2.65 bits per heavy atom. The molecule has 4 nitrogen and oxygen atoms in total. The molecule has 0 saturated heterocycles. The number of carbonyl (C=O) groups excluding carboxylic acids is 1. The number of anilines is 1. The second kappa shape index (κ2) is 7.29. The summed E-state index contributed by atoms with van der Waals surface area (Å²) in [5.41, 5.74) is 2.68. The maximum atomic E-state index is 11.8. The molecule has 0 atom stereocenters. The van der Waals surface area contributed by atoms with Crippen LogP contribution >= 0.6 is 0 Å². The zero-order chi connectivity index (χ0) is 15.2. The minimum absolute atomic E-state index is 0.0345. The Morgan fingerprint density at radius 2 is 2.05 bits per heavy atom. The van der Waals surface area contributed by atoms with Crippen molar-refractivity contribution in [2.75, 3.05) is 25.5 Å². The van der Waals surface area contributed by atoms with Gasteiger partial charge in [-0.25, -0.2) is 0 Å². The Kier molecular flexibility index (Phi) is 6.02. The summed E-state index contributed by atoms with van der Waals surface area (Å²) in [6.07, 6.45) is 0.897. The van der Waals surface area contributed by atoms with E-state index in [-0.39, 0.29) is 11.5 Å². The van der Waals surface area contributed by atoms with Gasteiger partial charge in [0, 0.05) is 31.5 Å². The van der Waals surface area contributed by atoms with E-state index in [0.717, 1.165) is 24.2 Å². The number of nitrogens with one attached hydrogen (secondary N) is 2. The minimum atomic E-state index is -0.141. The molecule has 112 valence electrons. The van der Waals surface area contributed by atoms with E-state index in [9.17, 15) is 4.79 Å². The second-order valence-corrected chi connectivity index (χ2v) is 5.53. The lowest BCUT2D eigenvalue weighted by Crippen LogP contribution is -2.26. The van der Waals surface area contributed by atoms with Crippen molar-refractivity contribution in [2.45, 2.75) is 39.7 Å². The molecule has 0 bridgehead atoms. The number of benzene rings is 1. The first-order valence-corrected chi connectivity index (χ1v) is 7.07. The minimum Gasteiger partial charge on any atom is -0.385 e. The van der Waals surface area contributed by atoms with Gasteiger partial charge in [-0.05, 0) is 51.8 Å². The number of carbonyl (C=O) groups is 1. The smallest absolute Gasteiger partial charge is 0.251 e. The predicted octanol–water partition coefficient (Wildman–Crippen LogP) is 2.97. The van der Waals surface area contributed by atoms with Crippen molar-refractivity contribution >= 4 is 11.6 Å². The van der Waals surface area contributed by atoms with Gasteiger partial charge in [0.15, 0.2) is 0 Å². The summed E-state index contributed by atoms with van der Waals surface area (Å²) in [7, 11) is 1.72. The van der Waals surface area contributed by atoms with Gasteiger partial charge < -0.3 is 15.4 Å². The summed E-state index contributed by atoms with van der Waals surface area (Å²) in [5.74, 6) is -0.0345. The molecule has 20 heavy (non-hydrogen) atoms. The van der Waals surface area contributed by atoms with Crippen molar-refractivity contribution in [3.8, 4) is 0 Å². The average Bonchev–Trinajstić information content (AvgIpc) is 2.41. The van der Waals surface area contributed by atoms with Gasteiger partial charge >= 0.3 is 0 Å². The van der Waals surface area contributed by atoms with Gasteiger partial charge in [0.05, 0.1) is 5.60 Å². The number of aryl methyl sites for hydroxylation is 1. The molecule has 1 amide bonds. The fourth-order valence-electron chi connectivity index (χ4n) is 1.82. The molecule has 0 aliphatic rings. The van der Waals surface area contributed by atoms with Crippen LogP contribution in [0.5, 0.6) is 0 Å². The van der Waals surface area contributed by atoms with Crippen LogP contribution in [0, 0.1) is 6.92 Å². The largest absolute Gasteiger partial charge is 0.385 e. The van der Waals surface area contributed by atoms with Crippen LogP contribution < -0.4 is 10.6 Å². The molecule has 1 aromatic carbocycles. The van der Waals surface area contributed by atoms with E-state index in [1.807, 2.05) is 32.0 Å². The third-order valence-corrected chi connectivity index (χ3v) is 3.43. The van der Waals surface area contributed by atoms with Crippen molar-refractivity contribution in [3.05, 3.63) is 29.3 Å². The molecule has 1 aromatic rings. The Hall–Kier alpha value is -1.55. The van der Waals surface area contributed by atoms with E-state index in [2.05, 4.69) is 24.5 Å². The summed E-state index contributed by atoms with van der Waals surface area (Å²) in [4.78, 5) is 11.8. The van der Waals surface area contributed by atoms with Crippen molar-refractivity contribution in [2.24, 2.45) is 0 Å². The quantitative estimate of drug-likeness (QED) is 0.806. The summed E-state index contributed by atoms with van der Waals surface area (Å²) in [6, 6.07) is 5.72. The third kappa shape index (κ3) is 4.85. The summed E-state index contributed by atoms with van der Waals surface area (Å²) >= 11 is 0. The zero-order valence-corrected chi connectivity index (χ0v) is 13.2. The van der Waals surface area contributed by atoms with E-state index in [1.54, 1.807) is 7.11 Å². The first kappa shape index (κ1) is 16.5. The van der Waals surface area contributed by atoms with Gasteiger partial charge in [0.25, 0.3) is 5.91 Å². The van der Waals surface area contributed by atoms with E-state index in [0.29, 0.717) is 12.1 Å². The Bertz CT molecular complexity index is 456. The molecule has 0 saturated carbocycles. The number of hydrogen-bond donors (Lipinski definition) is 2. The zero-order valence-electron chi connectivity index (χ0n) is 13.2. The highest BCUT2D eigenvalue weighted by Crippen LogP contribution is 2.19. The number of ether oxygens (including phenoxy) is 1. The summed E-state index contributed by atoms with van der Waals surface area (Å²) in [6.45, 7) is 9.51. The van der Waals surface area contributed by atoms with Crippen LogP contribution in [0.2, 0.25) is 0 Å². The highest BCUT2D eigenvalue weighted by molar-refractivity contribution is 5.95. The lowest BCUT2D eigenvalue weighted by atomic mass is 10.0. The van der Waals surface area contributed by atoms with Crippen molar-refractivity contribution in [1.29, 1.82) is 0 Å². The van der Waals surface area contributed by atoms with Crippen LogP contribution in [0.25, 0.3) is 0 Å². The molecule has 0 spiro atoms. The highest BCUT2D eigenvalue weighted by Gasteiger charge is 2.15. The molecule has 0 aliphatic heterocycles. The second-order valence-electron chi connectivity index (χ2n) is 5.53. The van der Waals surface area contributed by atoms with Gasteiger partial charge in [-0.2, -0.15) is 0 Å².